The summed E-state index contributed by atoms with van der Waals surface area (Å²) in [4.78, 5) is 18.6. The topological polar surface area (TPSA) is 62.7 Å². The Morgan fingerprint density at radius 2 is 1.89 bits per heavy atom. The highest BCUT2D eigenvalue weighted by Crippen LogP contribution is 2.33. The Bertz CT molecular complexity index is 1210. The number of benzene rings is 2. The van der Waals surface area contributed by atoms with Crippen LogP contribution in [-0.4, -0.2) is 47.7 Å². The van der Waals surface area contributed by atoms with Crippen molar-refractivity contribution in [2.24, 2.45) is 11.8 Å². The molecule has 2 atom stereocenters. The van der Waals surface area contributed by atoms with Crippen molar-refractivity contribution in [1.29, 1.82) is 0 Å². The predicted octanol–water partition coefficient (Wildman–Crippen LogP) is 6.24. The zero-order valence-corrected chi connectivity index (χ0v) is 21.0. The first-order valence-corrected chi connectivity index (χ1v) is 12.8. The van der Waals surface area contributed by atoms with Crippen LogP contribution in [0.1, 0.15) is 42.4 Å². The van der Waals surface area contributed by atoms with E-state index in [2.05, 4.69) is 9.88 Å². The smallest absolute Gasteiger partial charge is 0.416 e. The van der Waals surface area contributed by atoms with Crippen LogP contribution in [0.5, 0.6) is 5.75 Å². The number of hydrogen-bond acceptors (Lipinski definition) is 4. The Labute approximate surface area is 215 Å². The normalized spacial score (nSPS) is 18.7. The Hall–Kier alpha value is -3.13. The average molecular weight is 515 g/mol. The highest BCUT2D eigenvalue weighted by Gasteiger charge is 2.34. The molecule has 0 aliphatic carbocycles. The number of methoxy groups -OCH3 is 1. The van der Waals surface area contributed by atoms with Gasteiger partial charge in [-0.15, -0.1) is 0 Å². The van der Waals surface area contributed by atoms with Gasteiger partial charge < -0.3 is 14.7 Å². The van der Waals surface area contributed by atoms with Gasteiger partial charge in [0, 0.05) is 18.1 Å². The SMILES string of the molecule is COc1ccc2nccc(CCC[C@@H]3CCN(CCCc4ccccc4C(F)(F)F)C[C@@H]3C(=O)O)c2c1. The molecule has 8 heteroatoms. The quantitative estimate of drug-likeness (QED) is 0.347. The van der Waals surface area contributed by atoms with E-state index in [4.69, 9.17) is 4.74 Å². The van der Waals surface area contributed by atoms with Crippen LogP contribution in [0.25, 0.3) is 10.9 Å². The van der Waals surface area contributed by atoms with Crippen LogP contribution >= 0.6 is 0 Å². The van der Waals surface area contributed by atoms with Gasteiger partial charge in [0.15, 0.2) is 0 Å². The second-order valence-corrected chi connectivity index (χ2v) is 9.80. The van der Waals surface area contributed by atoms with Gasteiger partial charge in [-0.1, -0.05) is 18.2 Å². The van der Waals surface area contributed by atoms with Crippen LogP contribution in [0.4, 0.5) is 13.2 Å². The maximum Gasteiger partial charge on any atom is 0.416 e. The summed E-state index contributed by atoms with van der Waals surface area (Å²) in [5.74, 6) is -0.397. The molecular weight excluding hydrogens is 481 g/mol. The number of halogens is 3. The zero-order chi connectivity index (χ0) is 26.4. The standard InChI is InChI=1S/C29H33F3N2O3/c1-37-23-11-12-27-24(18-23)20(13-15-33-27)7-4-8-21-14-17-34(19-25(21)28(35)36)16-5-9-22-6-2-3-10-26(22)29(30,31)32/h2-3,6,10-13,15,18,21,25H,4-5,7-9,14,16-17,19H2,1H3,(H,35,36)/t21-,25+/m1/s1. The van der Waals surface area contributed by atoms with Gasteiger partial charge in [0.2, 0.25) is 0 Å². The minimum Gasteiger partial charge on any atom is -0.497 e. The van der Waals surface area contributed by atoms with E-state index in [9.17, 15) is 23.1 Å². The number of hydrogen-bond donors (Lipinski definition) is 1. The molecule has 2 heterocycles. The number of ether oxygens (including phenoxy) is 1. The maximum atomic E-state index is 13.3. The van der Waals surface area contributed by atoms with E-state index in [1.54, 1.807) is 19.4 Å². The molecule has 0 unspecified atom stereocenters. The molecule has 0 spiro atoms. The summed E-state index contributed by atoms with van der Waals surface area (Å²) in [6, 6.07) is 13.5. The number of carbonyl (C=O) groups is 1. The van der Waals surface area contributed by atoms with Crippen LogP contribution in [0.2, 0.25) is 0 Å². The lowest BCUT2D eigenvalue weighted by molar-refractivity contribution is -0.146. The van der Waals surface area contributed by atoms with E-state index in [0.29, 0.717) is 31.5 Å². The van der Waals surface area contributed by atoms with Crippen LogP contribution in [0, 0.1) is 11.8 Å². The van der Waals surface area contributed by atoms with Gasteiger partial charge in [-0.05, 0) is 99.0 Å². The lowest BCUT2D eigenvalue weighted by Crippen LogP contribution is -2.44. The third-order valence-electron chi connectivity index (χ3n) is 7.46. The van der Waals surface area contributed by atoms with Gasteiger partial charge >= 0.3 is 12.1 Å². The number of aliphatic carboxylic acids is 1. The molecule has 0 bridgehead atoms. The number of piperidine rings is 1. The van der Waals surface area contributed by atoms with E-state index in [0.717, 1.165) is 54.9 Å². The van der Waals surface area contributed by atoms with Crippen LogP contribution in [-0.2, 0) is 23.8 Å². The Balaban J connectivity index is 1.30. The van der Waals surface area contributed by atoms with E-state index in [1.807, 2.05) is 24.3 Å². The minimum absolute atomic E-state index is 0.0855. The number of carboxylic acids is 1. The molecule has 0 amide bonds. The van der Waals surface area contributed by atoms with Crippen molar-refractivity contribution in [2.75, 3.05) is 26.7 Å². The lowest BCUT2D eigenvalue weighted by atomic mass is 9.81. The molecule has 0 radical (unpaired) electrons. The van der Waals surface area contributed by atoms with E-state index in [1.165, 1.54) is 17.7 Å². The fraction of sp³-hybridized carbons (Fsp3) is 0.448. The summed E-state index contributed by atoms with van der Waals surface area (Å²) in [7, 11) is 1.64. The summed E-state index contributed by atoms with van der Waals surface area (Å²) in [5, 5.41) is 11.0. The fourth-order valence-electron chi connectivity index (χ4n) is 5.49. The van der Waals surface area contributed by atoms with Gasteiger partial charge in [-0.3, -0.25) is 9.78 Å². The Morgan fingerprint density at radius 1 is 1.11 bits per heavy atom. The number of alkyl halides is 3. The predicted molar refractivity (Wildman–Crippen MR) is 137 cm³/mol. The molecular formula is C29H33F3N2O3. The third kappa shape index (κ3) is 6.80. The molecule has 1 saturated heterocycles. The van der Waals surface area contributed by atoms with Crippen molar-refractivity contribution in [3.8, 4) is 5.75 Å². The summed E-state index contributed by atoms with van der Waals surface area (Å²) in [6.45, 7) is 1.80. The van der Waals surface area contributed by atoms with E-state index >= 15 is 0 Å². The summed E-state index contributed by atoms with van der Waals surface area (Å²) < 4.78 is 45.1. The van der Waals surface area contributed by atoms with Crippen molar-refractivity contribution < 1.29 is 27.8 Å². The number of pyridine rings is 1. The van der Waals surface area contributed by atoms with Crippen molar-refractivity contribution in [3.63, 3.8) is 0 Å². The van der Waals surface area contributed by atoms with Crippen molar-refractivity contribution in [3.05, 3.63) is 71.4 Å². The summed E-state index contributed by atoms with van der Waals surface area (Å²) >= 11 is 0. The molecule has 3 aromatic rings. The van der Waals surface area contributed by atoms with Crippen LogP contribution in [0.3, 0.4) is 0 Å². The molecule has 1 aliphatic rings. The number of rotatable bonds is 10. The lowest BCUT2D eigenvalue weighted by Gasteiger charge is -2.36. The molecule has 1 aromatic heterocycles. The number of nitrogens with zero attached hydrogens (tertiary/aromatic N) is 2. The van der Waals surface area contributed by atoms with Crippen molar-refractivity contribution in [2.45, 2.75) is 44.7 Å². The third-order valence-corrected chi connectivity index (χ3v) is 7.46. The Kier molecular flexibility index (Phi) is 8.69. The summed E-state index contributed by atoms with van der Waals surface area (Å²) in [5.41, 5.74) is 1.79. The first kappa shape index (κ1) is 26.9. The maximum absolute atomic E-state index is 13.3. The van der Waals surface area contributed by atoms with E-state index < -0.39 is 23.6 Å². The highest BCUT2D eigenvalue weighted by atomic mass is 19.4. The van der Waals surface area contributed by atoms with E-state index in [-0.39, 0.29) is 5.92 Å². The second kappa shape index (κ2) is 11.9. The first-order chi connectivity index (χ1) is 17.8. The number of fused-ring (bicyclic) bond motifs is 1. The van der Waals surface area contributed by atoms with Crippen LogP contribution in [0.15, 0.2) is 54.7 Å². The van der Waals surface area contributed by atoms with Gasteiger partial charge in [0.1, 0.15) is 5.75 Å². The second-order valence-electron chi connectivity index (χ2n) is 9.80. The molecule has 4 rings (SSSR count). The number of aromatic nitrogens is 1. The summed E-state index contributed by atoms with van der Waals surface area (Å²) in [6.07, 6.45) is 1.61. The highest BCUT2D eigenvalue weighted by molar-refractivity contribution is 5.83. The molecule has 198 valence electrons. The fourth-order valence-corrected chi connectivity index (χ4v) is 5.49. The largest absolute Gasteiger partial charge is 0.497 e. The Morgan fingerprint density at radius 3 is 2.65 bits per heavy atom. The molecule has 1 fully saturated rings. The molecule has 1 N–H and O–H groups in total. The molecule has 37 heavy (non-hydrogen) atoms. The van der Waals surface area contributed by atoms with Crippen molar-refractivity contribution >= 4 is 16.9 Å². The monoisotopic (exact) mass is 514 g/mol. The van der Waals surface area contributed by atoms with Gasteiger partial charge in [-0.2, -0.15) is 13.2 Å². The zero-order valence-electron chi connectivity index (χ0n) is 21.0. The number of carboxylic acid groups (broad SMARTS) is 1. The minimum atomic E-state index is -4.36. The first-order valence-electron chi connectivity index (χ1n) is 12.8. The number of aryl methyl sites for hydroxylation is 2. The molecule has 1 aliphatic heterocycles. The van der Waals surface area contributed by atoms with Crippen LogP contribution < -0.4 is 4.74 Å². The van der Waals surface area contributed by atoms with Crippen molar-refractivity contribution in [1.82, 2.24) is 9.88 Å². The molecule has 0 saturated carbocycles. The van der Waals surface area contributed by atoms with Gasteiger partial charge in [0.05, 0.1) is 24.1 Å². The van der Waals surface area contributed by atoms with Gasteiger partial charge in [0.25, 0.3) is 0 Å². The number of likely N-dealkylation sites (tertiary alicyclic amines) is 1. The molecule has 5 nitrogen and oxygen atoms in total. The van der Waals surface area contributed by atoms with Gasteiger partial charge in [-0.25, -0.2) is 0 Å². The molecule has 2 aromatic carbocycles. The average Bonchev–Trinajstić information content (AvgIpc) is 2.88.